The Balaban J connectivity index is 1.42. The third kappa shape index (κ3) is 3.32. The molecule has 4 rings (SSSR count). The van der Waals surface area contributed by atoms with Crippen LogP contribution in [0.3, 0.4) is 0 Å². The highest BCUT2D eigenvalue weighted by molar-refractivity contribution is 5.97. The van der Waals surface area contributed by atoms with Crippen molar-refractivity contribution < 1.29 is 9.59 Å². The predicted octanol–water partition coefficient (Wildman–Crippen LogP) is 2.51. The van der Waals surface area contributed by atoms with Crippen LogP contribution < -0.4 is 0 Å². The third-order valence-electron chi connectivity index (χ3n) is 5.23. The normalized spacial score (nSPS) is 16.4. The molecule has 0 aliphatic carbocycles. The number of Topliss-reactive ketones (excluding diaryl/α,β-unsaturated/α-hetero) is 1. The van der Waals surface area contributed by atoms with Crippen LogP contribution in [0.25, 0.3) is 11.0 Å². The van der Waals surface area contributed by atoms with Gasteiger partial charge in [0.25, 0.3) is 0 Å². The molecule has 138 valence electrons. The highest BCUT2D eigenvalue weighted by Gasteiger charge is 2.31. The molecule has 1 aromatic carbocycles. The Hall–Kier alpha value is -3.09. The first kappa shape index (κ1) is 17.3. The minimum Gasteiger partial charge on any atom is -0.341 e. The largest absolute Gasteiger partial charge is 0.341 e. The molecule has 3 aromatic rings. The van der Waals surface area contributed by atoms with Crippen molar-refractivity contribution >= 4 is 22.7 Å². The van der Waals surface area contributed by atoms with Crippen LogP contribution in [-0.4, -0.2) is 49.7 Å². The third-order valence-corrected chi connectivity index (χ3v) is 5.23. The summed E-state index contributed by atoms with van der Waals surface area (Å²) in [5, 5.41) is 8.28. The maximum absolute atomic E-state index is 12.9. The van der Waals surface area contributed by atoms with Crippen LogP contribution >= 0.6 is 0 Å². The number of piperidine rings is 1. The summed E-state index contributed by atoms with van der Waals surface area (Å²) in [5.41, 5.74) is 2.27. The number of likely N-dealkylation sites (tertiary alicyclic amines) is 1. The van der Waals surface area contributed by atoms with E-state index in [0.29, 0.717) is 31.5 Å². The van der Waals surface area contributed by atoms with E-state index >= 15 is 0 Å². The number of fused-ring (bicyclic) bond motifs is 1. The van der Waals surface area contributed by atoms with Gasteiger partial charge in [0.1, 0.15) is 11.6 Å². The van der Waals surface area contributed by atoms with Gasteiger partial charge in [-0.05, 0) is 44.0 Å². The molecule has 1 aliphatic rings. The first-order valence-corrected chi connectivity index (χ1v) is 9.18. The smallest absolute Gasteiger partial charge is 0.247 e. The molecule has 1 aliphatic heterocycles. The summed E-state index contributed by atoms with van der Waals surface area (Å²) >= 11 is 0. The van der Waals surface area contributed by atoms with Crippen molar-refractivity contribution in [1.29, 1.82) is 0 Å². The minimum absolute atomic E-state index is 0.0120. The summed E-state index contributed by atoms with van der Waals surface area (Å²) in [4.78, 5) is 31.4. The Labute approximate surface area is 157 Å². The monoisotopic (exact) mass is 363 g/mol. The summed E-state index contributed by atoms with van der Waals surface area (Å²) in [7, 11) is 0. The molecule has 0 spiro atoms. The molecule has 0 saturated carbocycles. The molecule has 27 heavy (non-hydrogen) atoms. The van der Waals surface area contributed by atoms with Gasteiger partial charge in [-0.3, -0.25) is 14.6 Å². The van der Waals surface area contributed by atoms with E-state index < -0.39 is 6.04 Å². The average molecular weight is 363 g/mol. The van der Waals surface area contributed by atoms with Gasteiger partial charge in [0.2, 0.25) is 5.91 Å². The number of rotatable bonds is 4. The number of hydrogen-bond donors (Lipinski definition) is 0. The molecule has 1 fully saturated rings. The van der Waals surface area contributed by atoms with Gasteiger partial charge in [0, 0.05) is 37.0 Å². The maximum Gasteiger partial charge on any atom is 0.247 e. The van der Waals surface area contributed by atoms with Crippen molar-refractivity contribution in [3.8, 4) is 0 Å². The van der Waals surface area contributed by atoms with E-state index in [-0.39, 0.29) is 17.6 Å². The fraction of sp³-hybridized carbons (Fsp3) is 0.350. The zero-order chi connectivity index (χ0) is 18.8. The van der Waals surface area contributed by atoms with Crippen molar-refractivity contribution in [2.45, 2.75) is 25.8 Å². The Kier molecular flexibility index (Phi) is 4.66. The van der Waals surface area contributed by atoms with Gasteiger partial charge >= 0.3 is 0 Å². The highest BCUT2D eigenvalue weighted by Crippen LogP contribution is 2.24. The first-order chi connectivity index (χ1) is 13.1. The lowest BCUT2D eigenvalue weighted by Gasteiger charge is -2.33. The van der Waals surface area contributed by atoms with Crippen molar-refractivity contribution in [1.82, 2.24) is 24.9 Å². The second kappa shape index (κ2) is 7.26. The Morgan fingerprint density at radius 1 is 1.11 bits per heavy atom. The van der Waals surface area contributed by atoms with E-state index in [0.717, 1.165) is 11.0 Å². The van der Waals surface area contributed by atoms with Crippen LogP contribution in [0.4, 0.5) is 0 Å². The molecule has 1 atom stereocenters. The lowest BCUT2D eigenvalue weighted by molar-refractivity contribution is -0.135. The van der Waals surface area contributed by atoms with Gasteiger partial charge in [0.05, 0.1) is 5.52 Å². The van der Waals surface area contributed by atoms with E-state index in [1.807, 2.05) is 36.1 Å². The number of aromatic nitrogens is 4. The fourth-order valence-electron chi connectivity index (χ4n) is 3.65. The summed E-state index contributed by atoms with van der Waals surface area (Å²) in [6.07, 6.45) is 4.61. The molecule has 1 amide bonds. The quantitative estimate of drug-likeness (QED) is 0.665. The summed E-state index contributed by atoms with van der Waals surface area (Å²) in [6.45, 7) is 3.00. The molecule has 7 nitrogen and oxygen atoms in total. The van der Waals surface area contributed by atoms with Gasteiger partial charge in [-0.15, -0.1) is 5.10 Å². The minimum atomic E-state index is -0.428. The number of pyridine rings is 1. The van der Waals surface area contributed by atoms with Crippen LogP contribution in [0.2, 0.25) is 0 Å². The van der Waals surface area contributed by atoms with E-state index in [1.165, 1.54) is 0 Å². The predicted molar refractivity (Wildman–Crippen MR) is 100 cm³/mol. The Morgan fingerprint density at radius 2 is 1.89 bits per heavy atom. The summed E-state index contributed by atoms with van der Waals surface area (Å²) in [6, 6.07) is 10.7. The number of carbonyl (C=O) groups excluding carboxylic acids is 2. The van der Waals surface area contributed by atoms with Crippen LogP contribution in [0.5, 0.6) is 0 Å². The number of ketones is 1. The molecule has 0 unspecified atom stereocenters. The number of benzene rings is 1. The van der Waals surface area contributed by atoms with Gasteiger partial charge in [-0.1, -0.05) is 17.3 Å². The molecule has 2 aromatic heterocycles. The molecule has 1 saturated heterocycles. The van der Waals surface area contributed by atoms with Crippen molar-refractivity contribution in [2.24, 2.45) is 5.92 Å². The molecule has 0 bridgehead atoms. The molecular weight excluding hydrogens is 342 g/mol. The van der Waals surface area contributed by atoms with Crippen molar-refractivity contribution in [3.63, 3.8) is 0 Å². The number of para-hydroxylation sites is 1. The zero-order valence-electron chi connectivity index (χ0n) is 15.2. The average Bonchev–Trinajstić information content (AvgIpc) is 3.17. The highest BCUT2D eigenvalue weighted by atomic mass is 16.2. The number of carbonyl (C=O) groups is 2. The topological polar surface area (TPSA) is 81.0 Å². The Morgan fingerprint density at radius 3 is 2.63 bits per heavy atom. The number of amides is 1. The van der Waals surface area contributed by atoms with Crippen LogP contribution in [0.15, 0.2) is 48.8 Å². The van der Waals surface area contributed by atoms with Gasteiger partial charge in [0.15, 0.2) is 5.78 Å². The van der Waals surface area contributed by atoms with Gasteiger partial charge < -0.3 is 4.90 Å². The summed E-state index contributed by atoms with van der Waals surface area (Å²) in [5.74, 6) is 0.0733. The molecular formula is C20H21N5O2. The molecule has 0 N–H and O–H groups in total. The lowest BCUT2D eigenvalue weighted by atomic mass is 9.89. The number of hydrogen-bond acceptors (Lipinski definition) is 5. The van der Waals surface area contributed by atoms with Crippen molar-refractivity contribution in [3.05, 3.63) is 54.4 Å². The first-order valence-electron chi connectivity index (χ1n) is 9.18. The van der Waals surface area contributed by atoms with Crippen LogP contribution in [0, 0.1) is 5.92 Å². The lowest BCUT2D eigenvalue weighted by Crippen LogP contribution is -2.43. The zero-order valence-corrected chi connectivity index (χ0v) is 15.2. The van der Waals surface area contributed by atoms with Gasteiger partial charge in [-0.2, -0.15) is 0 Å². The maximum atomic E-state index is 12.9. The van der Waals surface area contributed by atoms with Gasteiger partial charge in [-0.25, -0.2) is 4.68 Å². The fourth-order valence-corrected chi connectivity index (χ4v) is 3.65. The SMILES string of the molecule is C[C@@H](C(=O)N1CCC(C(=O)c2cccnc2)CC1)n1nnc2ccccc21. The number of nitrogens with zero attached hydrogens (tertiary/aromatic N) is 5. The Bertz CT molecular complexity index is 961. The van der Waals surface area contributed by atoms with E-state index in [4.69, 9.17) is 0 Å². The second-order valence-corrected chi connectivity index (χ2v) is 6.90. The van der Waals surface area contributed by atoms with E-state index in [1.54, 1.807) is 29.2 Å². The van der Waals surface area contributed by atoms with Crippen LogP contribution in [-0.2, 0) is 4.79 Å². The standard InChI is InChI=1S/C20H21N5O2/c1-14(25-18-7-3-2-6-17(18)22-23-25)20(27)24-11-8-15(9-12-24)19(26)16-5-4-10-21-13-16/h2-7,10,13-15H,8-9,11-12H2,1H3/t14-/m0/s1. The molecule has 0 radical (unpaired) electrons. The van der Waals surface area contributed by atoms with E-state index in [2.05, 4.69) is 15.3 Å². The summed E-state index contributed by atoms with van der Waals surface area (Å²) < 4.78 is 1.67. The second-order valence-electron chi connectivity index (χ2n) is 6.90. The van der Waals surface area contributed by atoms with Crippen LogP contribution in [0.1, 0.15) is 36.2 Å². The van der Waals surface area contributed by atoms with Crippen molar-refractivity contribution in [2.75, 3.05) is 13.1 Å². The van der Waals surface area contributed by atoms with E-state index in [9.17, 15) is 9.59 Å². The molecule has 3 heterocycles. The molecule has 7 heteroatoms.